The minimum Gasteiger partial charge on any atom is -0.469 e. The molecule has 126 valence electrons. The molecule has 4 aromatic rings. The highest BCUT2D eigenvalue weighted by Gasteiger charge is 2.16. The van der Waals surface area contributed by atoms with Crippen molar-refractivity contribution >= 4 is 17.4 Å². The van der Waals surface area contributed by atoms with Crippen molar-refractivity contribution < 1.29 is 4.42 Å². The van der Waals surface area contributed by atoms with E-state index in [1.165, 1.54) is 26.9 Å². The zero-order chi connectivity index (χ0) is 17.4. The van der Waals surface area contributed by atoms with Gasteiger partial charge in [-0.3, -0.25) is 9.20 Å². The number of nitrogens with zero attached hydrogens (tertiary/aromatic N) is 5. The number of hydrogen-bond acceptors (Lipinski definition) is 7. The Hall–Kier alpha value is -3.07. The van der Waals surface area contributed by atoms with Gasteiger partial charge in [-0.15, -0.1) is 10.2 Å². The number of fused-ring (bicyclic) bond motifs is 1. The molecule has 8 nitrogen and oxygen atoms in total. The monoisotopic (exact) mass is 354 g/mol. The summed E-state index contributed by atoms with van der Waals surface area (Å²) >= 11 is 1.36. The molecule has 4 heterocycles. The molecule has 0 aliphatic heterocycles. The quantitative estimate of drug-likeness (QED) is 0.440. The molecule has 0 fully saturated rings. The number of hydrogen-bond donors (Lipinski definition) is 1. The van der Waals surface area contributed by atoms with E-state index < -0.39 is 0 Å². The molecule has 4 rings (SSSR count). The molecule has 0 unspecified atom stereocenters. The number of nitrogens with two attached hydrogens (primary N) is 1. The molecule has 0 bridgehead atoms. The lowest BCUT2D eigenvalue weighted by Crippen LogP contribution is -2.15. The smallest absolute Gasteiger partial charge is 0.258 e. The first-order valence-electron chi connectivity index (χ1n) is 7.48. The second-order valence-corrected chi connectivity index (χ2v) is 6.31. The number of nitrogen functional groups attached to an aromatic ring is 1. The van der Waals surface area contributed by atoms with Crippen molar-refractivity contribution in [1.29, 1.82) is 0 Å². The molecule has 0 aliphatic carbocycles. The van der Waals surface area contributed by atoms with Gasteiger partial charge in [0, 0.05) is 18.0 Å². The van der Waals surface area contributed by atoms with Crippen molar-refractivity contribution in [2.24, 2.45) is 0 Å². The molecule has 4 aromatic heterocycles. The lowest BCUT2D eigenvalue weighted by molar-refractivity contribution is 0.535. The Morgan fingerprint density at radius 1 is 1.28 bits per heavy atom. The van der Waals surface area contributed by atoms with Crippen LogP contribution < -0.4 is 11.4 Å². The third kappa shape index (κ3) is 2.78. The van der Waals surface area contributed by atoms with Crippen LogP contribution in [0.2, 0.25) is 0 Å². The summed E-state index contributed by atoms with van der Waals surface area (Å²) in [4.78, 5) is 16.6. The lowest BCUT2D eigenvalue weighted by Gasteiger charge is -2.04. The Bertz CT molecular complexity index is 1110. The Morgan fingerprint density at radius 3 is 2.96 bits per heavy atom. The summed E-state index contributed by atoms with van der Waals surface area (Å²) in [5.74, 6) is 7.80. The van der Waals surface area contributed by atoms with E-state index in [0.29, 0.717) is 28.1 Å². The fourth-order valence-corrected chi connectivity index (χ4v) is 3.24. The molecule has 0 saturated carbocycles. The topological polar surface area (TPSA) is 104 Å². The second-order valence-electron chi connectivity index (χ2n) is 5.37. The fraction of sp³-hybridized carbons (Fsp3) is 0.125. The van der Waals surface area contributed by atoms with E-state index in [4.69, 9.17) is 10.3 Å². The Labute approximate surface area is 146 Å². The van der Waals surface area contributed by atoms with Gasteiger partial charge >= 0.3 is 0 Å². The van der Waals surface area contributed by atoms with Crippen LogP contribution in [0.4, 0.5) is 0 Å². The summed E-state index contributed by atoms with van der Waals surface area (Å²) in [7, 11) is 0. The van der Waals surface area contributed by atoms with Crippen molar-refractivity contribution in [3.05, 3.63) is 64.6 Å². The van der Waals surface area contributed by atoms with E-state index in [9.17, 15) is 4.79 Å². The number of pyridine rings is 1. The molecule has 0 aromatic carbocycles. The third-order valence-electron chi connectivity index (χ3n) is 3.74. The van der Waals surface area contributed by atoms with Crippen LogP contribution in [0.15, 0.2) is 57.2 Å². The van der Waals surface area contributed by atoms with Gasteiger partial charge in [-0.1, -0.05) is 17.8 Å². The normalized spacial score (nSPS) is 11.2. The van der Waals surface area contributed by atoms with E-state index in [-0.39, 0.29) is 5.56 Å². The van der Waals surface area contributed by atoms with E-state index in [1.54, 1.807) is 30.7 Å². The average molecular weight is 354 g/mol. The van der Waals surface area contributed by atoms with Gasteiger partial charge in [0.25, 0.3) is 5.56 Å². The van der Waals surface area contributed by atoms with Crippen molar-refractivity contribution in [2.45, 2.75) is 17.8 Å². The summed E-state index contributed by atoms with van der Waals surface area (Å²) in [6, 6.07) is 8.73. The molecule has 0 saturated heterocycles. The molecular weight excluding hydrogens is 340 g/mol. The minimum atomic E-state index is -0.120. The first kappa shape index (κ1) is 15.5. The molecule has 0 spiro atoms. The summed E-state index contributed by atoms with van der Waals surface area (Å²) in [6.45, 7) is 1.84. The van der Waals surface area contributed by atoms with Gasteiger partial charge in [0.2, 0.25) is 5.16 Å². The van der Waals surface area contributed by atoms with E-state index >= 15 is 0 Å². The number of rotatable bonds is 4. The molecular formula is C16H14N6O2S. The highest BCUT2D eigenvalue weighted by molar-refractivity contribution is 7.98. The van der Waals surface area contributed by atoms with Crippen LogP contribution in [0.5, 0.6) is 0 Å². The van der Waals surface area contributed by atoms with Gasteiger partial charge in [-0.05, 0) is 25.1 Å². The molecule has 2 N–H and O–H groups in total. The van der Waals surface area contributed by atoms with Gasteiger partial charge in [0.1, 0.15) is 11.4 Å². The minimum absolute atomic E-state index is 0.120. The predicted molar refractivity (Wildman–Crippen MR) is 93.6 cm³/mol. The van der Waals surface area contributed by atoms with Crippen LogP contribution in [-0.4, -0.2) is 24.3 Å². The second kappa shape index (κ2) is 6.10. The van der Waals surface area contributed by atoms with Crippen molar-refractivity contribution in [3.63, 3.8) is 0 Å². The van der Waals surface area contributed by atoms with Crippen molar-refractivity contribution in [3.8, 4) is 11.4 Å². The Morgan fingerprint density at radius 2 is 2.16 bits per heavy atom. The van der Waals surface area contributed by atoms with Gasteiger partial charge in [0.05, 0.1) is 17.5 Å². The maximum Gasteiger partial charge on any atom is 0.258 e. The van der Waals surface area contributed by atoms with Crippen LogP contribution in [0.1, 0.15) is 11.5 Å². The number of thioether (sulfide) groups is 1. The van der Waals surface area contributed by atoms with E-state index in [0.717, 1.165) is 11.3 Å². The lowest BCUT2D eigenvalue weighted by atomic mass is 10.2. The molecule has 9 heteroatoms. The summed E-state index contributed by atoms with van der Waals surface area (Å²) < 4.78 is 8.19. The number of furan rings is 1. The van der Waals surface area contributed by atoms with Gasteiger partial charge in [0.15, 0.2) is 5.82 Å². The fourth-order valence-electron chi connectivity index (χ4n) is 2.49. The molecule has 25 heavy (non-hydrogen) atoms. The van der Waals surface area contributed by atoms with Crippen LogP contribution >= 0.6 is 11.8 Å². The summed E-state index contributed by atoms with van der Waals surface area (Å²) in [5.41, 5.74) is 1.94. The first-order chi connectivity index (χ1) is 12.1. The van der Waals surface area contributed by atoms with E-state index in [2.05, 4.69) is 15.2 Å². The summed E-state index contributed by atoms with van der Waals surface area (Å²) in [6.07, 6.45) is 3.27. The largest absolute Gasteiger partial charge is 0.469 e. The zero-order valence-corrected chi connectivity index (χ0v) is 14.1. The van der Waals surface area contributed by atoms with Crippen LogP contribution in [-0.2, 0) is 5.75 Å². The SMILES string of the molecule is Cc1occc1-c1nnc(SCc2cc(=O)n3ccccc3n2)n1N. The number of aromatic nitrogens is 5. The van der Waals surface area contributed by atoms with Crippen LogP contribution in [0.3, 0.4) is 0 Å². The van der Waals surface area contributed by atoms with E-state index in [1.807, 2.05) is 13.0 Å². The van der Waals surface area contributed by atoms with Crippen molar-refractivity contribution in [1.82, 2.24) is 24.3 Å². The maximum absolute atomic E-state index is 12.1. The third-order valence-corrected chi connectivity index (χ3v) is 4.71. The average Bonchev–Trinajstić information content (AvgIpc) is 3.18. The van der Waals surface area contributed by atoms with Crippen LogP contribution in [0.25, 0.3) is 17.0 Å². The highest BCUT2D eigenvalue weighted by atomic mass is 32.2. The molecule has 0 atom stereocenters. The van der Waals surface area contributed by atoms with Gasteiger partial charge in [-0.2, -0.15) is 0 Å². The summed E-state index contributed by atoms with van der Waals surface area (Å²) in [5, 5.41) is 8.76. The Kier molecular flexibility index (Phi) is 3.77. The van der Waals surface area contributed by atoms with Gasteiger partial charge in [-0.25, -0.2) is 9.66 Å². The standard InChI is InChI=1S/C16H14N6O2S/c1-10-12(5-7-24-10)15-19-20-16(22(15)17)25-9-11-8-14(23)21-6-3-2-4-13(21)18-11/h2-8H,9,17H2,1H3. The highest BCUT2D eigenvalue weighted by Crippen LogP contribution is 2.26. The van der Waals surface area contributed by atoms with Gasteiger partial charge < -0.3 is 10.3 Å². The van der Waals surface area contributed by atoms with Crippen LogP contribution in [0, 0.1) is 6.92 Å². The molecule has 0 aliphatic rings. The maximum atomic E-state index is 12.1. The predicted octanol–water partition coefficient (Wildman–Crippen LogP) is 1.86. The Balaban J connectivity index is 1.59. The zero-order valence-electron chi connectivity index (χ0n) is 13.3. The first-order valence-corrected chi connectivity index (χ1v) is 8.47. The molecule has 0 radical (unpaired) electrons. The van der Waals surface area contributed by atoms with Crippen molar-refractivity contribution in [2.75, 3.05) is 5.84 Å². The molecule has 0 amide bonds. The number of aryl methyl sites for hydroxylation is 1.